The van der Waals surface area contributed by atoms with E-state index in [0.717, 1.165) is 15.6 Å². The number of carbonyl (C=O) groups is 1. The second kappa shape index (κ2) is 5.67. The fourth-order valence-electron chi connectivity index (χ4n) is 1.95. The molecule has 0 saturated carbocycles. The standard InChI is InChI=1S/C14H16N2OS2/c1-9(2)16(7-13(15)18)14(17)11-8-19-12-6-4-3-5-10(11)12/h3-6,8-9H,7H2,1-2H3,(H2,15,18). The molecule has 0 unspecified atom stereocenters. The van der Waals surface area contributed by atoms with Crippen molar-refractivity contribution in [1.82, 2.24) is 4.90 Å². The number of nitrogens with two attached hydrogens (primary N) is 1. The molecule has 3 nitrogen and oxygen atoms in total. The predicted octanol–water partition coefficient (Wildman–Crippen LogP) is 3.04. The summed E-state index contributed by atoms with van der Waals surface area (Å²) in [5.41, 5.74) is 6.30. The summed E-state index contributed by atoms with van der Waals surface area (Å²) in [5, 5.41) is 2.90. The number of hydrogen-bond acceptors (Lipinski definition) is 3. The molecule has 0 bridgehead atoms. The molecule has 1 amide bonds. The average molecular weight is 292 g/mol. The first-order chi connectivity index (χ1) is 9.00. The van der Waals surface area contributed by atoms with Crippen LogP contribution in [0.4, 0.5) is 0 Å². The van der Waals surface area contributed by atoms with E-state index in [-0.39, 0.29) is 11.9 Å². The van der Waals surface area contributed by atoms with Crippen molar-refractivity contribution in [2.45, 2.75) is 19.9 Å². The van der Waals surface area contributed by atoms with Crippen LogP contribution in [0.3, 0.4) is 0 Å². The van der Waals surface area contributed by atoms with Crippen LogP contribution in [-0.2, 0) is 0 Å². The van der Waals surface area contributed by atoms with E-state index in [2.05, 4.69) is 0 Å². The Kier molecular flexibility index (Phi) is 4.17. The van der Waals surface area contributed by atoms with Gasteiger partial charge in [-0.2, -0.15) is 0 Å². The first-order valence-electron chi connectivity index (χ1n) is 6.06. The lowest BCUT2D eigenvalue weighted by Gasteiger charge is -2.26. The van der Waals surface area contributed by atoms with Crippen molar-refractivity contribution in [3.05, 3.63) is 35.2 Å². The van der Waals surface area contributed by atoms with Gasteiger partial charge in [-0.3, -0.25) is 4.79 Å². The number of thiocarbonyl (C=S) groups is 1. The summed E-state index contributed by atoms with van der Waals surface area (Å²) in [7, 11) is 0. The molecular formula is C14H16N2OS2. The Labute approximate surface area is 122 Å². The van der Waals surface area contributed by atoms with Crippen LogP contribution in [0.25, 0.3) is 10.1 Å². The molecule has 0 atom stereocenters. The van der Waals surface area contributed by atoms with Crippen molar-refractivity contribution in [1.29, 1.82) is 0 Å². The van der Waals surface area contributed by atoms with Gasteiger partial charge in [0.25, 0.3) is 5.91 Å². The molecule has 19 heavy (non-hydrogen) atoms. The van der Waals surface area contributed by atoms with Crippen LogP contribution >= 0.6 is 23.6 Å². The Morgan fingerprint density at radius 2 is 2.11 bits per heavy atom. The zero-order valence-corrected chi connectivity index (χ0v) is 12.6. The van der Waals surface area contributed by atoms with Gasteiger partial charge in [-0.15, -0.1) is 11.3 Å². The predicted molar refractivity (Wildman–Crippen MR) is 84.8 cm³/mol. The van der Waals surface area contributed by atoms with E-state index in [9.17, 15) is 4.79 Å². The van der Waals surface area contributed by atoms with Crippen molar-refractivity contribution in [3.63, 3.8) is 0 Å². The lowest BCUT2D eigenvalue weighted by molar-refractivity contribution is 0.0738. The number of hydrogen-bond donors (Lipinski definition) is 1. The maximum atomic E-state index is 12.6. The van der Waals surface area contributed by atoms with Gasteiger partial charge in [0.05, 0.1) is 17.1 Å². The van der Waals surface area contributed by atoms with E-state index in [1.165, 1.54) is 0 Å². The summed E-state index contributed by atoms with van der Waals surface area (Å²) in [5.74, 6) is -0.0137. The Morgan fingerprint density at radius 3 is 2.74 bits per heavy atom. The molecule has 0 spiro atoms. The van der Waals surface area contributed by atoms with Gasteiger partial charge in [0.2, 0.25) is 0 Å². The Morgan fingerprint density at radius 1 is 1.42 bits per heavy atom. The quantitative estimate of drug-likeness (QED) is 0.881. The van der Waals surface area contributed by atoms with Gasteiger partial charge in [0, 0.05) is 21.5 Å². The first kappa shape index (κ1) is 14.0. The molecule has 0 aliphatic rings. The van der Waals surface area contributed by atoms with Crippen molar-refractivity contribution in [2.24, 2.45) is 5.73 Å². The van der Waals surface area contributed by atoms with E-state index in [0.29, 0.717) is 11.5 Å². The van der Waals surface area contributed by atoms with Crippen LogP contribution in [0.1, 0.15) is 24.2 Å². The molecule has 100 valence electrons. The van der Waals surface area contributed by atoms with Crippen LogP contribution in [0.15, 0.2) is 29.6 Å². The third-order valence-corrected chi connectivity index (χ3v) is 4.01. The van der Waals surface area contributed by atoms with Crippen LogP contribution in [0.5, 0.6) is 0 Å². The third-order valence-electron chi connectivity index (χ3n) is 2.92. The Balaban J connectivity index is 2.39. The number of fused-ring (bicyclic) bond motifs is 1. The summed E-state index contributed by atoms with van der Waals surface area (Å²) < 4.78 is 1.12. The minimum atomic E-state index is -0.0137. The molecule has 0 saturated heterocycles. The third kappa shape index (κ3) is 2.93. The van der Waals surface area contributed by atoms with Gasteiger partial charge < -0.3 is 10.6 Å². The first-order valence-corrected chi connectivity index (χ1v) is 7.35. The highest BCUT2D eigenvalue weighted by atomic mass is 32.1. The fraction of sp³-hybridized carbons (Fsp3) is 0.286. The highest BCUT2D eigenvalue weighted by molar-refractivity contribution is 7.80. The van der Waals surface area contributed by atoms with Crippen molar-refractivity contribution in [2.75, 3.05) is 6.54 Å². The summed E-state index contributed by atoms with van der Waals surface area (Å²) in [4.78, 5) is 14.7. The minimum absolute atomic E-state index is 0.0137. The summed E-state index contributed by atoms with van der Waals surface area (Å²) in [6, 6.07) is 7.97. The normalized spacial score (nSPS) is 10.9. The second-order valence-corrected chi connectivity index (χ2v) is 6.07. The van der Waals surface area contributed by atoms with E-state index in [1.807, 2.05) is 43.5 Å². The molecule has 2 aromatic rings. The van der Waals surface area contributed by atoms with Crippen molar-refractivity contribution in [3.8, 4) is 0 Å². The summed E-state index contributed by atoms with van der Waals surface area (Å²) >= 11 is 6.50. The molecule has 1 heterocycles. The SMILES string of the molecule is CC(C)N(CC(N)=S)C(=O)c1csc2ccccc12. The smallest absolute Gasteiger partial charge is 0.255 e. The lowest BCUT2D eigenvalue weighted by Crippen LogP contribution is -2.42. The summed E-state index contributed by atoms with van der Waals surface area (Å²) in [6.45, 7) is 4.24. The van der Waals surface area contributed by atoms with Gasteiger partial charge in [-0.25, -0.2) is 0 Å². The molecule has 5 heteroatoms. The number of benzene rings is 1. The zero-order valence-electron chi connectivity index (χ0n) is 10.9. The maximum absolute atomic E-state index is 12.6. The number of amides is 1. The van der Waals surface area contributed by atoms with Crippen molar-refractivity contribution < 1.29 is 4.79 Å². The largest absolute Gasteiger partial charge is 0.392 e. The van der Waals surface area contributed by atoms with Crippen LogP contribution in [0, 0.1) is 0 Å². The average Bonchev–Trinajstić information content (AvgIpc) is 2.78. The van der Waals surface area contributed by atoms with Gasteiger partial charge in [-0.1, -0.05) is 30.4 Å². The Hall–Kier alpha value is -1.46. The molecule has 1 aromatic heterocycles. The Bertz CT molecular complexity index is 619. The second-order valence-electron chi connectivity index (χ2n) is 4.64. The number of carbonyl (C=O) groups excluding carboxylic acids is 1. The molecule has 0 aliphatic heterocycles. The molecule has 1 aromatic carbocycles. The number of rotatable bonds is 4. The van der Waals surface area contributed by atoms with Gasteiger partial charge >= 0.3 is 0 Å². The highest BCUT2D eigenvalue weighted by Crippen LogP contribution is 2.27. The monoisotopic (exact) mass is 292 g/mol. The fourth-order valence-corrected chi connectivity index (χ4v) is 3.03. The molecule has 0 aliphatic carbocycles. The number of nitrogens with zero attached hydrogens (tertiary/aromatic N) is 1. The number of thiophene rings is 1. The lowest BCUT2D eigenvalue weighted by atomic mass is 10.1. The molecular weight excluding hydrogens is 276 g/mol. The van der Waals surface area contributed by atoms with Gasteiger partial charge in [-0.05, 0) is 19.9 Å². The van der Waals surface area contributed by atoms with Crippen molar-refractivity contribution >= 4 is 44.5 Å². The zero-order chi connectivity index (χ0) is 14.0. The van der Waals surface area contributed by atoms with Crippen LogP contribution in [0.2, 0.25) is 0 Å². The van der Waals surface area contributed by atoms with Gasteiger partial charge in [0.1, 0.15) is 0 Å². The maximum Gasteiger partial charge on any atom is 0.255 e. The molecule has 0 radical (unpaired) electrons. The summed E-state index contributed by atoms with van der Waals surface area (Å²) in [6.07, 6.45) is 0. The molecule has 2 rings (SSSR count). The highest BCUT2D eigenvalue weighted by Gasteiger charge is 2.21. The molecule has 0 fully saturated rings. The van der Waals surface area contributed by atoms with E-state index in [1.54, 1.807) is 16.2 Å². The van der Waals surface area contributed by atoms with Crippen LogP contribution in [-0.4, -0.2) is 28.4 Å². The molecule has 2 N–H and O–H groups in total. The van der Waals surface area contributed by atoms with Crippen LogP contribution < -0.4 is 5.73 Å². The minimum Gasteiger partial charge on any atom is -0.392 e. The topological polar surface area (TPSA) is 46.3 Å². The van der Waals surface area contributed by atoms with E-state index >= 15 is 0 Å². The van der Waals surface area contributed by atoms with E-state index in [4.69, 9.17) is 18.0 Å². The van der Waals surface area contributed by atoms with Gasteiger partial charge in [0.15, 0.2) is 0 Å². The van der Waals surface area contributed by atoms with E-state index < -0.39 is 0 Å².